The van der Waals surface area contributed by atoms with Crippen LogP contribution in [0.25, 0.3) is 0 Å². The van der Waals surface area contributed by atoms with Crippen LogP contribution in [0.4, 0.5) is 0 Å². The van der Waals surface area contributed by atoms with Crippen LogP contribution in [0.2, 0.25) is 0 Å². The first kappa shape index (κ1) is 15.5. The Morgan fingerprint density at radius 2 is 1.95 bits per heavy atom. The highest BCUT2D eigenvalue weighted by atomic mass is 16.5. The van der Waals surface area contributed by atoms with Crippen LogP contribution < -0.4 is 5.32 Å². The molecule has 0 heterocycles. The van der Waals surface area contributed by atoms with Crippen molar-refractivity contribution in [2.24, 2.45) is 11.3 Å². The maximum atomic E-state index is 12.3. The van der Waals surface area contributed by atoms with E-state index in [9.17, 15) is 14.9 Å². The zero-order chi connectivity index (χ0) is 14.5. The van der Waals surface area contributed by atoms with Gasteiger partial charge < -0.3 is 10.1 Å². The van der Waals surface area contributed by atoms with Crippen molar-refractivity contribution < 1.29 is 14.3 Å². The van der Waals surface area contributed by atoms with Crippen LogP contribution in [-0.4, -0.2) is 25.0 Å². The fourth-order valence-corrected chi connectivity index (χ4v) is 2.49. The minimum atomic E-state index is -0.955. The molecule has 1 amide bonds. The SMILES string of the molecule is COC(=O)C(CC(C)C)NC(=O)C1(C#N)CCCC1. The molecule has 106 valence electrons. The number of nitrogens with zero attached hydrogens (tertiary/aromatic N) is 1. The topological polar surface area (TPSA) is 79.2 Å². The van der Waals surface area contributed by atoms with Crippen molar-refractivity contribution in [3.8, 4) is 6.07 Å². The Balaban J connectivity index is 2.75. The van der Waals surface area contributed by atoms with Gasteiger partial charge in [-0.3, -0.25) is 4.79 Å². The number of esters is 1. The highest BCUT2D eigenvalue weighted by Crippen LogP contribution is 2.37. The molecule has 19 heavy (non-hydrogen) atoms. The Bertz CT molecular complexity index is 379. The monoisotopic (exact) mass is 266 g/mol. The summed E-state index contributed by atoms with van der Waals surface area (Å²) in [5.74, 6) is -0.525. The second-order valence-corrected chi connectivity index (χ2v) is 5.58. The summed E-state index contributed by atoms with van der Waals surface area (Å²) >= 11 is 0. The molecule has 1 fully saturated rings. The molecule has 1 aliphatic carbocycles. The summed E-state index contributed by atoms with van der Waals surface area (Å²) in [5.41, 5.74) is -0.955. The lowest BCUT2D eigenvalue weighted by Gasteiger charge is -2.24. The molecule has 1 rings (SSSR count). The van der Waals surface area contributed by atoms with E-state index in [0.717, 1.165) is 12.8 Å². The summed E-state index contributed by atoms with van der Waals surface area (Å²) in [6.07, 6.45) is 3.43. The molecule has 5 heteroatoms. The van der Waals surface area contributed by atoms with Crippen molar-refractivity contribution in [3.05, 3.63) is 0 Å². The molecule has 1 saturated carbocycles. The number of carbonyl (C=O) groups excluding carboxylic acids is 2. The average molecular weight is 266 g/mol. The third-order valence-corrected chi connectivity index (χ3v) is 3.60. The van der Waals surface area contributed by atoms with Gasteiger partial charge in [-0.2, -0.15) is 5.26 Å². The van der Waals surface area contributed by atoms with E-state index in [1.165, 1.54) is 7.11 Å². The minimum absolute atomic E-state index is 0.256. The molecule has 1 unspecified atom stereocenters. The molecule has 0 aliphatic heterocycles. The number of nitrogens with one attached hydrogen (secondary N) is 1. The lowest BCUT2D eigenvalue weighted by molar-refractivity contribution is -0.146. The Morgan fingerprint density at radius 3 is 2.37 bits per heavy atom. The standard InChI is InChI=1S/C14H22N2O3/c1-10(2)8-11(12(17)19-3)16-13(18)14(9-15)6-4-5-7-14/h10-11H,4-8H2,1-3H3,(H,16,18). The van der Waals surface area contributed by atoms with Gasteiger partial charge in [0, 0.05) is 0 Å². The van der Waals surface area contributed by atoms with Crippen molar-refractivity contribution in [3.63, 3.8) is 0 Å². The summed E-state index contributed by atoms with van der Waals surface area (Å²) in [7, 11) is 1.30. The average Bonchev–Trinajstić information content (AvgIpc) is 2.86. The third kappa shape index (κ3) is 3.69. The Morgan fingerprint density at radius 1 is 1.37 bits per heavy atom. The zero-order valence-electron chi connectivity index (χ0n) is 11.9. The molecule has 0 aromatic carbocycles. The molecule has 1 atom stereocenters. The molecule has 1 aliphatic rings. The molecule has 0 radical (unpaired) electrons. The summed E-state index contributed by atoms with van der Waals surface area (Å²) in [4.78, 5) is 23.9. The molecule has 0 saturated heterocycles. The highest BCUT2D eigenvalue weighted by molar-refractivity contribution is 5.90. The van der Waals surface area contributed by atoms with Gasteiger partial charge in [-0.05, 0) is 25.2 Å². The van der Waals surface area contributed by atoms with E-state index in [-0.39, 0.29) is 11.8 Å². The van der Waals surface area contributed by atoms with Crippen LogP contribution in [0.3, 0.4) is 0 Å². The van der Waals surface area contributed by atoms with E-state index in [0.29, 0.717) is 19.3 Å². The number of methoxy groups -OCH3 is 1. The fraction of sp³-hybridized carbons (Fsp3) is 0.786. The van der Waals surface area contributed by atoms with Crippen LogP contribution in [0.15, 0.2) is 0 Å². The molecule has 0 aromatic rings. The fourth-order valence-electron chi connectivity index (χ4n) is 2.49. The predicted molar refractivity (Wildman–Crippen MR) is 69.9 cm³/mol. The summed E-state index contributed by atoms with van der Waals surface area (Å²) < 4.78 is 4.71. The maximum Gasteiger partial charge on any atom is 0.328 e. The molecule has 0 bridgehead atoms. The van der Waals surface area contributed by atoms with Gasteiger partial charge in [-0.25, -0.2) is 4.79 Å². The van der Waals surface area contributed by atoms with Gasteiger partial charge in [0.05, 0.1) is 13.2 Å². The summed E-state index contributed by atoms with van der Waals surface area (Å²) in [6.45, 7) is 3.94. The normalized spacial score (nSPS) is 18.7. The zero-order valence-corrected chi connectivity index (χ0v) is 11.9. The van der Waals surface area contributed by atoms with Gasteiger partial charge >= 0.3 is 5.97 Å². The highest BCUT2D eigenvalue weighted by Gasteiger charge is 2.42. The smallest absolute Gasteiger partial charge is 0.328 e. The van der Waals surface area contributed by atoms with Crippen molar-refractivity contribution in [2.75, 3.05) is 7.11 Å². The number of nitriles is 1. The van der Waals surface area contributed by atoms with Crippen LogP contribution in [0.5, 0.6) is 0 Å². The maximum absolute atomic E-state index is 12.3. The number of hydrogen-bond acceptors (Lipinski definition) is 4. The van der Waals surface area contributed by atoms with Crippen molar-refractivity contribution in [2.45, 2.75) is 52.0 Å². The minimum Gasteiger partial charge on any atom is -0.467 e. The van der Waals surface area contributed by atoms with Gasteiger partial charge in [0.2, 0.25) is 5.91 Å². The molecule has 0 spiro atoms. The number of carbonyl (C=O) groups is 2. The molecule has 0 aromatic heterocycles. The van der Waals surface area contributed by atoms with E-state index in [2.05, 4.69) is 11.4 Å². The van der Waals surface area contributed by atoms with Crippen LogP contribution in [0.1, 0.15) is 46.0 Å². The van der Waals surface area contributed by atoms with Crippen LogP contribution in [-0.2, 0) is 14.3 Å². The number of ether oxygens (including phenoxy) is 1. The summed E-state index contributed by atoms with van der Waals surface area (Å²) in [6, 6.07) is 1.47. The molecular weight excluding hydrogens is 244 g/mol. The number of hydrogen-bond donors (Lipinski definition) is 1. The van der Waals surface area contributed by atoms with Crippen molar-refractivity contribution >= 4 is 11.9 Å². The van der Waals surface area contributed by atoms with Gasteiger partial charge in [-0.15, -0.1) is 0 Å². The molecule has 1 N–H and O–H groups in total. The van der Waals surface area contributed by atoms with E-state index in [4.69, 9.17) is 4.74 Å². The number of amides is 1. The van der Waals surface area contributed by atoms with Gasteiger partial charge in [0.25, 0.3) is 0 Å². The van der Waals surface area contributed by atoms with Gasteiger partial charge in [-0.1, -0.05) is 26.7 Å². The molecular formula is C14H22N2O3. The van der Waals surface area contributed by atoms with E-state index in [1.807, 2.05) is 13.8 Å². The Kier molecular flexibility index (Phi) is 5.34. The van der Waals surface area contributed by atoms with Crippen molar-refractivity contribution in [1.29, 1.82) is 5.26 Å². The molecule has 5 nitrogen and oxygen atoms in total. The van der Waals surface area contributed by atoms with Crippen LogP contribution >= 0.6 is 0 Å². The largest absolute Gasteiger partial charge is 0.467 e. The Hall–Kier alpha value is -1.57. The lowest BCUT2D eigenvalue weighted by atomic mass is 9.86. The lowest BCUT2D eigenvalue weighted by Crippen LogP contribution is -2.48. The van der Waals surface area contributed by atoms with E-state index >= 15 is 0 Å². The first-order valence-electron chi connectivity index (χ1n) is 6.75. The van der Waals surface area contributed by atoms with Gasteiger partial charge in [0.15, 0.2) is 0 Å². The summed E-state index contributed by atoms with van der Waals surface area (Å²) in [5, 5.41) is 11.9. The van der Waals surface area contributed by atoms with Crippen molar-refractivity contribution in [1.82, 2.24) is 5.32 Å². The third-order valence-electron chi connectivity index (χ3n) is 3.60. The number of rotatable bonds is 5. The van der Waals surface area contributed by atoms with Gasteiger partial charge in [0.1, 0.15) is 11.5 Å². The predicted octanol–water partition coefficient (Wildman–Crippen LogP) is 1.77. The van der Waals surface area contributed by atoms with Crippen LogP contribution in [0, 0.1) is 22.7 Å². The van der Waals surface area contributed by atoms with E-state index < -0.39 is 17.4 Å². The van der Waals surface area contributed by atoms with E-state index in [1.54, 1.807) is 0 Å². The second kappa shape index (κ2) is 6.55. The quantitative estimate of drug-likeness (QED) is 0.769. The Labute approximate surface area is 114 Å². The second-order valence-electron chi connectivity index (χ2n) is 5.58. The first-order chi connectivity index (χ1) is 8.95. The first-order valence-corrected chi connectivity index (χ1v) is 6.75.